The van der Waals surface area contributed by atoms with Crippen LogP contribution in [0.4, 0.5) is 5.69 Å². The number of carboxylic acid groups (broad SMARTS) is 2. The molecule has 1 aliphatic rings. The Labute approximate surface area is 182 Å². The highest BCUT2D eigenvalue weighted by Crippen LogP contribution is 2.40. The zero-order valence-corrected chi connectivity index (χ0v) is 17.1. The molecule has 164 valence electrons. The van der Waals surface area contributed by atoms with Gasteiger partial charge in [0.15, 0.2) is 5.78 Å². The number of benzene rings is 2. The Morgan fingerprint density at radius 2 is 1.47 bits per heavy atom. The zero-order valence-electron chi connectivity index (χ0n) is 17.1. The van der Waals surface area contributed by atoms with Crippen molar-refractivity contribution >= 4 is 46.5 Å². The Bertz CT molecular complexity index is 1190. The lowest BCUT2D eigenvalue weighted by atomic mass is 9.91. The van der Waals surface area contributed by atoms with Gasteiger partial charge in [-0.3, -0.25) is 14.4 Å². The van der Waals surface area contributed by atoms with Gasteiger partial charge in [0.1, 0.15) is 0 Å². The van der Waals surface area contributed by atoms with E-state index < -0.39 is 35.6 Å². The van der Waals surface area contributed by atoms with E-state index in [0.717, 1.165) is 0 Å². The fourth-order valence-corrected chi connectivity index (χ4v) is 3.74. The first kappa shape index (κ1) is 22.2. The van der Waals surface area contributed by atoms with Crippen molar-refractivity contribution in [2.45, 2.75) is 19.9 Å². The third kappa shape index (κ3) is 3.58. The summed E-state index contributed by atoms with van der Waals surface area (Å²) in [4.78, 5) is 61.1. The maximum absolute atomic E-state index is 12.7. The molecule has 4 N–H and O–H groups in total. The number of nitrogens with two attached hydrogens (primary N) is 1. The molecule has 0 spiro atoms. The average Bonchev–Trinajstić information content (AvgIpc) is 2.85. The van der Waals surface area contributed by atoms with Crippen LogP contribution in [0.25, 0.3) is 11.3 Å². The SMILES string of the molecule is CC(=O)c1cccc2c1C(N)=C(c1ccccc1)C(C)N(C(=O)C(=O)O)N2C(=O)C(=O)O. The number of hydrogen-bond donors (Lipinski definition) is 3. The second-order valence-electron chi connectivity index (χ2n) is 7.00. The summed E-state index contributed by atoms with van der Waals surface area (Å²) >= 11 is 0. The molecule has 0 aromatic heterocycles. The third-order valence-corrected chi connectivity index (χ3v) is 5.06. The van der Waals surface area contributed by atoms with Gasteiger partial charge in [0.05, 0.1) is 11.7 Å². The van der Waals surface area contributed by atoms with Crippen molar-refractivity contribution in [1.29, 1.82) is 0 Å². The van der Waals surface area contributed by atoms with Crippen LogP contribution in [-0.4, -0.2) is 50.8 Å². The number of rotatable bonds is 2. The Hall–Kier alpha value is -4.47. The summed E-state index contributed by atoms with van der Waals surface area (Å²) in [5.41, 5.74) is 7.14. The highest BCUT2D eigenvalue weighted by Gasteiger charge is 2.43. The molecule has 0 saturated carbocycles. The van der Waals surface area contributed by atoms with E-state index in [-0.39, 0.29) is 28.1 Å². The number of carboxylic acids is 2. The molecule has 1 atom stereocenters. The molecule has 10 heteroatoms. The molecule has 2 amide bonds. The second kappa shape index (κ2) is 8.34. The monoisotopic (exact) mass is 437 g/mol. The lowest BCUT2D eigenvalue weighted by Gasteiger charge is -2.36. The van der Waals surface area contributed by atoms with Crippen molar-refractivity contribution in [3.05, 3.63) is 65.2 Å². The smallest absolute Gasteiger partial charge is 0.396 e. The summed E-state index contributed by atoms with van der Waals surface area (Å²) in [7, 11) is 0. The quantitative estimate of drug-likeness (QED) is 0.469. The van der Waals surface area contributed by atoms with E-state index in [1.807, 2.05) is 0 Å². The van der Waals surface area contributed by atoms with E-state index >= 15 is 0 Å². The van der Waals surface area contributed by atoms with Gasteiger partial charge in [-0.2, -0.15) is 0 Å². The summed E-state index contributed by atoms with van der Waals surface area (Å²) in [6.07, 6.45) is 0. The highest BCUT2D eigenvalue weighted by atomic mass is 16.4. The number of anilines is 1. The van der Waals surface area contributed by atoms with Gasteiger partial charge in [-0.1, -0.05) is 42.5 Å². The van der Waals surface area contributed by atoms with Gasteiger partial charge < -0.3 is 15.9 Å². The molecule has 10 nitrogen and oxygen atoms in total. The van der Waals surface area contributed by atoms with Crippen LogP contribution in [0.1, 0.15) is 35.3 Å². The minimum Gasteiger partial charge on any atom is -0.474 e. The van der Waals surface area contributed by atoms with E-state index in [1.165, 1.54) is 32.0 Å². The Morgan fingerprint density at radius 1 is 0.875 bits per heavy atom. The molecule has 2 aromatic carbocycles. The van der Waals surface area contributed by atoms with Crippen molar-refractivity contribution < 1.29 is 34.2 Å². The molecule has 32 heavy (non-hydrogen) atoms. The number of ketones is 1. The largest absolute Gasteiger partial charge is 0.474 e. The lowest BCUT2D eigenvalue weighted by molar-refractivity contribution is -0.159. The van der Waals surface area contributed by atoms with E-state index in [9.17, 15) is 34.2 Å². The molecule has 1 unspecified atom stereocenters. The van der Waals surface area contributed by atoms with Crippen molar-refractivity contribution in [3.63, 3.8) is 0 Å². The number of hydrogen-bond acceptors (Lipinski definition) is 6. The highest BCUT2D eigenvalue weighted by molar-refractivity contribution is 6.40. The van der Waals surface area contributed by atoms with Crippen LogP contribution < -0.4 is 10.7 Å². The van der Waals surface area contributed by atoms with E-state index in [1.54, 1.807) is 30.3 Å². The molecule has 1 aliphatic heterocycles. The molecular formula is C22H19N3O7. The summed E-state index contributed by atoms with van der Waals surface area (Å²) in [5.74, 6) is -7.39. The number of fused-ring (bicyclic) bond motifs is 1. The van der Waals surface area contributed by atoms with Crippen LogP contribution in [0.2, 0.25) is 0 Å². The first-order valence-corrected chi connectivity index (χ1v) is 9.41. The van der Waals surface area contributed by atoms with E-state index in [4.69, 9.17) is 5.73 Å². The molecule has 0 aliphatic carbocycles. The van der Waals surface area contributed by atoms with Crippen LogP contribution in [0.5, 0.6) is 0 Å². The van der Waals surface area contributed by atoms with Crippen LogP contribution in [0, 0.1) is 0 Å². The standard InChI is InChI=1S/C22H19N3O7/c1-11-16(13-7-4-3-5-8-13)18(23)17-14(12(2)26)9-6-10-15(17)25(20(28)22(31)32)24(11)19(27)21(29)30/h3-11H,23H2,1-2H3,(H,29,30)(H,31,32). The number of nitrogens with zero attached hydrogens (tertiary/aromatic N) is 2. The van der Waals surface area contributed by atoms with Gasteiger partial charge >= 0.3 is 23.8 Å². The summed E-state index contributed by atoms with van der Waals surface area (Å²) in [5, 5.41) is 19.8. The summed E-state index contributed by atoms with van der Waals surface area (Å²) in [6, 6.07) is 11.4. The van der Waals surface area contributed by atoms with Crippen LogP contribution in [0.3, 0.4) is 0 Å². The minimum atomic E-state index is -1.93. The van der Waals surface area contributed by atoms with Crippen LogP contribution in [-0.2, 0) is 19.2 Å². The molecular weight excluding hydrogens is 418 g/mol. The molecule has 0 radical (unpaired) electrons. The molecule has 0 fully saturated rings. The topological polar surface area (TPSA) is 158 Å². The molecule has 1 heterocycles. The van der Waals surface area contributed by atoms with E-state index in [0.29, 0.717) is 15.6 Å². The molecule has 0 bridgehead atoms. The number of hydrazine groups is 1. The maximum Gasteiger partial charge on any atom is 0.396 e. The summed E-state index contributed by atoms with van der Waals surface area (Å²) in [6.45, 7) is 2.68. The van der Waals surface area contributed by atoms with Gasteiger partial charge in [0.25, 0.3) is 0 Å². The normalized spacial score (nSPS) is 15.6. The average molecular weight is 437 g/mol. The van der Waals surface area contributed by atoms with Gasteiger partial charge in [-0.05, 0) is 25.5 Å². The first-order chi connectivity index (χ1) is 15.1. The first-order valence-electron chi connectivity index (χ1n) is 9.41. The van der Waals surface area contributed by atoms with Gasteiger partial charge in [-0.15, -0.1) is 0 Å². The van der Waals surface area contributed by atoms with Crippen LogP contribution >= 0.6 is 0 Å². The number of amides is 2. The second-order valence-corrected chi connectivity index (χ2v) is 7.00. The number of carbonyl (C=O) groups excluding carboxylic acids is 3. The van der Waals surface area contributed by atoms with Crippen LogP contribution in [0.15, 0.2) is 48.5 Å². The summed E-state index contributed by atoms with van der Waals surface area (Å²) < 4.78 is 0. The predicted molar refractivity (Wildman–Crippen MR) is 113 cm³/mol. The Morgan fingerprint density at radius 3 is 2.00 bits per heavy atom. The Kier molecular flexibility index (Phi) is 5.79. The third-order valence-electron chi connectivity index (χ3n) is 5.06. The molecule has 2 aromatic rings. The van der Waals surface area contributed by atoms with E-state index in [2.05, 4.69) is 0 Å². The lowest BCUT2D eigenvalue weighted by Crippen LogP contribution is -2.57. The zero-order chi connectivity index (χ0) is 23.7. The number of Topliss-reactive ketones (excluding diaryl/α,β-unsaturated/α-hetero) is 1. The van der Waals surface area contributed by atoms with Crippen molar-refractivity contribution in [2.24, 2.45) is 5.73 Å². The van der Waals surface area contributed by atoms with Gasteiger partial charge in [-0.25, -0.2) is 19.6 Å². The molecule has 0 saturated heterocycles. The fraction of sp³-hybridized carbons (Fsp3) is 0.136. The van der Waals surface area contributed by atoms with Crippen molar-refractivity contribution in [2.75, 3.05) is 5.01 Å². The number of aliphatic carboxylic acids is 2. The minimum absolute atomic E-state index is 0.00776. The van der Waals surface area contributed by atoms with Gasteiger partial charge in [0, 0.05) is 22.4 Å². The molecule has 3 rings (SSSR count). The van der Waals surface area contributed by atoms with Crippen molar-refractivity contribution in [3.8, 4) is 0 Å². The maximum atomic E-state index is 12.7. The Balaban J connectivity index is 2.50. The fourth-order valence-electron chi connectivity index (χ4n) is 3.74. The van der Waals surface area contributed by atoms with Gasteiger partial charge in [0.2, 0.25) is 0 Å². The predicted octanol–water partition coefficient (Wildman–Crippen LogP) is 1.36. The van der Waals surface area contributed by atoms with Crippen molar-refractivity contribution in [1.82, 2.24) is 5.01 Å². The number of carbonyl (C=O) groups is 5.